The van der Waals surface area contributed by atoms with Gasteiger partial charge in [0.15, 0.2) is 0 Å². The first-order valence-corrected chi connectivity index (χ1v) is 6.23. The van der Waals surface area contributed by atoms with Crippen molar-refractivity contribution in [2.24, 2.45) is 0 Å². The van der Waals surface area contributed by atoms with Gasteiger partial charge < -0.3 is 9.47 Å². The fraction of sp³-hybridized carbons (Fsp3) is 0.188. The second-order valence-corrected chi connectivity index (χ2v) is 4.88. The molecule has 1 unspecified atom stereocenters. The molecule has 0 amide bonds. The van der Waals surface area contributed by atoms with Crippen molar-refractivity contribution in [3.8, 4) is 11.8 Å². The Morgan fingerprint density at radius 3 is 2.74 bits per heavy atom. The Balaban J connectivity index is 1.98. The highest BCUT2D eigenvalue weighted by Crippen LogP contribution is 2.51. The molecular formula is C16H11NO2. The van der Waals surface area contributed by atoms with Gasteiger partial charge in [-0.1, -0.05) is 24.3 Å². The lowest BCUT2D eigenvalue weighted by molar-refractivity contribution is 0.303. The summed E-state index contributed by atoms with van der Waals surface area (Å²) in [6.45, 7) is 1.19. The van der Waals surface area contributed by atoms with Crippen molar-refractivity contribution in [3.63, 3.8) is 0 Å². The summed E-state index contributed by atoms with van der Waals surface area (Å²) in [5.74, 6) is 0.813. The van der Waals surface area contributed by atoms with E-state index < -0.39 is 5.60 Å². The number of epoxide rings is 1. The normalized spacial score (nSPS) is 22.7. The Labute approximate surface area is 111 Å². The van der Waals surface area contributed by atoms with Crippen molar-refractivity contribution >= 4 is 0 Å². The zero-order chi connectivity index (χ0) is 12.9. The predicted molar refractivity (Wildman–Crippen MR) is 68.7 cm³/mol. The fourth-order valence-corrected chi connectivity index (χ4v) is 2.76. The molecule has 0 bridgehead atoms. The van der Waals surface area contributed by atoms with Crippen LogP contribution >= 0.6 is 0 Å². The minimum absolute atomic E-state index is 0.407. The van der Waals surface area contributed by atoms with Gasteiger partial charge in [-0.25, -0.2) is 0 Å². The molecule has 2 aromatic carbocycles. The van der Waals surface area contributed by atoms with E-state index in [0.29, 0.717) is 18.8 Å². The van der Waals surface area contributed by atoms with Gasteiger partial charge in [0, 0.05) is 5.56 Å². The van der Waals surface area contributed by atoms with Gasteiger partial charge in [-0.2, -0.15) is 5.26 Å². The lowest BCUT2D eigenvalue weighted by Crippen LogP contribution is -2.11. The molecule has 19 heavy (non-hydrogen) atoms. The van der Waals surface area contributed by atoms with E-state index >= 15 is 0 Å². The summed E-state index contributed by atoms with van der Waals surface area (Å²) < 4.78 is 11.6. The topological polar surface area (TPSA) is 45.5 Å². The molecule has 3 heteroatoms. The zero-order valence-electron chi connectivity index (χ0n) is 10.2. The third-order valence-electron chi connectivity index (χ3n) is 3.81. The fourth-order valence-electron chi connectivity index (χ4n) is 2.76. The van der Waals surface area contributed by atoms with Gasteiger partial charge in [0.1, 0.15) is 18.0 Å². The van der Waals surface area contributed by atoms with E-state index in [1.807, 2.05) is 24.3 Å². The Kier molecular flexibility index (Phi) is 2.01. The molecule has 4 rings (SSSR count). The molecule has 3 nitrogen and oxygen atoms in total. The second kappa shape index (κ2) is 3.59. The molecule has 92 valence electrons. The number of ether oxygens (including phenoxy) is 2. The van der Waals surface area contributed by atoms with Crippen molar-refractivity contribution in [1.29, 1.82) is 5.26 Å². The molecule has 2 aliphatic rings. The van der Waals surface area contributed by atoms with Crippen LogP contribution in [0, 0.1) is 11.3 Å². The molecule has 2 aromatic rings. The van der Waals surface area contributed by atoms with Crippen LogP contribution in [0.2, 0.25) is 0 Å². The maximum absolute atomic E-state index is 9.06. The van der Waals surface area contributed by atoms with Crippen LogP contribution in [0.4, 0.5) is 0 Å². The first-order valence-electron chi connectivity index (χ1n) is 6.23. The third-order valence-corrected chi connectivity index (χ3v) is 3.81. The smallest absolute Gasteiger partial charge is 0.146 e. The molecule has 0 aliphatic carbocycles. The SMILES string of the molecule is N#Cc1ccc2c(c1)C1(CO1)c1ccccc1CO2. The maximum atomic E-state index is 9.06. The maximum Gasteiger partial charge on any atom is 0.146 e. The van der Waals surface area contributed by atoms with E-state index in [9.17, 15) is 0 Å². The second-order valence-electron chi connectivity index (χ2n) is 4.88. The molecule has 2 heterocycles. The summed E-state index contributed by atoms with van der Waals surface area (Å²) in [6, 6.07) is 15.9. The molecule has 0 radical (unpaired) electrons. The lowest BCUT2D eigenvalue weighted by Gasteiger charge is -2.14. The van der Waals surface area contributed by atoms with Crippen molar-refractivity contribution in [2.45, 2.75) is 12.2 Å². The average Bonchev–Trinajstić information content (AvgIpc) is 3.28. The number of benzene rings is 2. The Morgan fingerprint density at radius 1 is 1.11 bits per heavy atom. The number of hydrogen-bond donors (Lipinski definition) is 0. The molecule has 1 atom stereocenters. The van der Waals surface area contributed by atoms with Crippen molar-refractivity contribution in [2.75, 3.05) is 6.61 Å². The summed E-state index contributed by atoms with van der Waals surface area (Å²) in [4.78, 5) is 0. The quantitative estimate of drug-likeness (QED) is 0.674. The van der Waals surface area contributed by atoms with Crippen LogP contribution in [0.3, 0.4) is 0 Å². The molecule has 1 saturated heterocycles. The summed E-state index contributed by atoms with van der Waals surface area (Å²) in [5.41, 5.74) is 3.50. The first kappa shape index (κ1) is 10.6. The van der Waals surface area contributed by atoms with Crippen LogP contribution in [0.5, 0.6) is 5.75 Å². The number of hydrogen-bond acceptors (Lipinski definition) is 3. The zero-order valence-corrected chi connectivity index (χ0v) is 10.2. The molecular weight excluding hydrogens is 238 g/mol. The molecule has 1 fully saturated rings. The molecule has 0 aromatic heterocycles. The summed E-state index contributed by atoms with van der Waals surface area (Å²) in [6.07, 6.45) is 0. The van der Waals surface area contributed by atoms with Gasteiger partial charge in [-0.05, 0) is 29.3 Å². The number of fused-ring (bicyclic) bond motifs is 4. The van der Waals surface area contributed by atoms with Gasteiger partial charge in [0.2, 0.25) is 0 Å². The molecule has 0 saturated carbocycles. The van der Waals surface area contributed by atoms with Crippen molar-refractivity contribution in [3.05, 3.63) is 64.7 Å². The van der Waals surface area contributed by atoms with E-state index in [1.54, 1.807) is 6.07 Å². The minimum Gasteiger partial charge on any atom is -0.488 e. The van der Waals surface area contributed by atoms with E-state index in [4.69, 9.17) is 14.7 Å². The summed E-state index contributed by atoms with van der Waals surface area (Å²) in [5, 5.41) is 9.06. The van der Waals surface area contributed by atoms with E-state index in [1.165, 1.54) is 0 Å². The van der Waals surface area contributed by atoms with Crippen LogP contribution in [-0.4, -0.2) is 6.61 Å². The van der Waals surface area contributed by atoms with Gasteiger partial charge in [-0.3, -0.25) is 0 Å². The number of rotatable bonds is 0. The highest BCUT2D eigenvalue weighted by atomic mass is 16.6. The van der Waals surface area contributed by atoms with E-state index in [0.717, 1.165) is 22.4 Å². The standard InChI is InChI=1S/C16H11NO2/c17-8-11-5-6-15-14(7-11)16(10-19-16)13-4-2-1-3-12(13)9-18-15/h1-7H,9-10H2. The predicted octanol–water partition coefficient (Wildman–Crippen LogP) is 2.72. The first-order chi connectivity index (χ1) is 9.33. The average molecular weight is 249 g/mol. The van der Waals surface area contributed by atoms with Gasteiger partial charge in [0.25, 0.3) is 0 Å². The Hall–Kier alpha value is -2.31. The number of nitrogens with zero attached hydrogens (tertiary/aromatic N) is 1. The number of nitriles is 1. The molecule has 1 spiro atoms. The highest BCUT2D eigenvalue weighted by Gasteiger charge is 2.52. The molecule has 0 N–H and O–H groups in total. The monoisotopic (exact) mass is 249 g/mol. The largest absolute Gasteiger partial charge is 0.488 e. The minimum atomic E-state index is -0.407. The van der Waals surface area contributed by atoms with Gasteiger partial charge in [0.05, 0.1) is 18.2 Å². The lowest BCUT2D eigenvalue weighted by atomic mass is 9.88. The van der Waals surface area contributed by atoms with Crippen LogP contribution in [0.15, 0.2) is 42.5 Å². The van der Waals surface area contributed by atoms with Crippen LogP contribution in [0.1, 0.15) is 22.3 Å². The third kappa shape index (κ3) is 1.41. The van der Waals surface area contributed by atoms with Gasteiger partial charge in [-0.15, -0.1) is 0 Å². The Morgan fingerprint density at radius 2 is 1.95 bits per heavy atom. The Bertz CT molecular complexity index is 711. The van der Waals surface area contributed by atoms with Gasteiger partial charge >= 0.3 is 0 Å². The highest BCUT2D eigenvalue weighted by molar-refractivity contribution is 5.55. The van der Waals surface area contributed by atoms with Crippen LogP contribution in [-0.2, 0) is 16.9 Å². The van der Waals surface area contributed by atoms with Crippen molar-refractivity contribution < 1.29 is 9.47 Å². The summed E-state index contributed by atoms with van der Waals surface area (Å²) >= 11 is 0. The summed E-state index contributed by atoms with van der Waals surface area (Å²) in [7, 11) is 0. The van der Waals surface area contributed by atoms with Crippen LogP contribution in [0.25, 0.3) is 0 Å². The van der Waals surface area contributed by atoms with Crippen molar-refractivity contribution in [1.82, 2.24) is 0 Å². The van der Waals surface area contributed by atoms with E-state index in [2.05, 4.69) is 18.2 Å². The van der Waals surface area contributed by atoms with E-state index in [-0.39, 0.29) is 0 Å². The van der Waals surface area contributed by atoms with Crippen LogP contribution < -0.4 is 4.74 Å². The molecule has 2 aliphatic heterocycles.